The van der Waals surface area contributed by atoms with Gasteiger partial charge in [-0.15, -0.1) is 24.0 Å². The average molecular weight is 294 g/mol. The monoisotopic (exact) mass is 294 g/mol. The molecule has 0 fully saturated rings. The number of nitro benzene ring substituents is 1. The van der Waals surface area contributed by atoms with E-state index in [-0.39, 0.29) is 18.1 Å². The van der Waals surface area contributed by atoms with Crippen molar-refractivity contribution in [3.8, 4) is 0 Å². The molecule has 1 N–H and O–H groups in total. The molecule has 1 heterocycles. The third kappa shape index (κ3) is 3.33. The van der Waals surface area contributed by atoms with Gasteiger partial charge in [0.25, 0.3) is 11.6 Å². The summed E-state index contributed by atoms with van der Waals surface area (Å²) in [4.78, 5) is 23.4. The molecule has 7 heteroatoms. The zero-order valence-corrected chi connectivity index (χ0v) is 11.4. The minimum Gasteiger partial charge on any atom is -0.347 e. The van der Waals surface area contributed by atoms with Crippen molar-refractivity contribution in [1.82, 2.24) is 5.32 Å². The van der Waals surface area contributed by atoms with Gasteiger partial charge in [0.2, 0.25) is 0 Å². The summed E-state index contributed by atoms with van der Waals surface area (Å²) >= 11 is 5.40. The SMILES string of the molecule is O=C(NCc1ccccc1[N+](=O)[O-])c1cc(S)cs1. The van der Waals surface area contributed by atoms with E-state index in [1.54, 1.807) is 29.6 Å². The highest BCUT2D eigenvalue weighted by molar-refractivity contribution is 7.80. The molecule has 98 valence electrons. The van der Waals surface area contributed by atoms with Crippen LogP contribution >= 0.6 is 24.0 Å². The number of para-hydroxylation sites is 1. The standard InChI is InChI=1S/C12H10N2O3S2/c15-12(11-5-9(18)7-19-11)13-6-8-3-1-2-4-10(8)14(16)17/h1-5,7,18H,6H2,(H,13,15). The summed E-state index contributed by atoms with van der Waals surface area (Å²) in [5.74, 6) is -0.261. The van der Waals surface area contributed by atoms with Crippen LogP contribution in [0.3, 0.4) is 0 Å². The van der Waals surface area contributed by atoms with Crippen LogP contribution in [-0.4, -0.2) is 10.8 Å². The predicted molar refractivity (Wildman–Crippen MR) is 75.8 cm³/mol. The molecule has 1 aromatic carbocycles. The second-order valence-electron chi connectivity index (χ2n) is 3.74. The number of nitrogens with one attached hydrogen (secondary N) is 1. The number of amides is 1. The minimum absolute atomic E-state index is 0.00358. The van der Waals surface area contributed by atoms with Gasteiger partial charge >= 0.3 is 0 Å². The highest BCUT2D eigenvalue weighted by Crippen LogP contribution is 2.19. The lowest BCUT2D eigenvalue weighted by molar-refractivity contribution is -0.385. The van der Waals surface area contributed by atoms with Crippen LogP contribution in [0.25, 0.3) is 0 Å². The van der Waals surface area contributed by atoms with Gasteiger partial charge in [0.15, 0.2) is 0 Å². The quantitative estimate of drug-likeness (QED) is 0.517. The van der Waals surface area contributed by atoms with Crippen molar-refractivity contribution < 1.29 is 9.72 Å². The van der Waals surface area contributed by atoms with E-state index in [9.17, 15) is 14.9 Å². The van der Waals surface area contributed by atoms with Crippen molar-refractivity contribution in [3.05, 3.63) is 56.3 Å². The molecule has 0 aliphatic rings. The maximum Gasteiger partial charge on any atom is 0.274 e. The first-order chi connectivity index (χ1) is 9.08. The molecule has 0 aliphatic heterocycles. The topological polar surface area (TPSA) is 72.2 Å². The van der Waals surface area contributed by atoms with Crippen molar-refractivity contribution >= 4 is 35.6 Å². The third-order valence-corrected chi connectivity index (χ3v) is 3.80. The van der Waals surface area contributed by atoms with Gasteiger partial charge in [0, 0.05) is 28.5 Å². The Bertz CT molecular complexity index is 625. The Labute approximate surface area is 118 Å². The number of benzene rings is 1. The molecule has 2 rings (SSSR count). The maximum absolute atomic E-state index is 11.8. The van der Waals surface area contributed by atoms with Crippen LogP contribution in [0.15, 0.2) is 40.6 Å². The Balaban J connectivity index is 2.07. The van der Waals surface area contributed by atoms with Gasteiger partial charge in [-0.05, 0) is 6.07 Å². The summed E-state index contributed by atoms with van der Waals surface area (Å²) in [7, 11) is 0. The number of carbonyl (C=O) groups is 1. The number of rotatable bonds is 4. The van der Waals surface area contributed by atoms with Crippen LogP contribution in [0.4, 0.5) is 5.69 Å². The van der Waals surface area contributed by atoms with E-state index in [1.165, 1.54) is 17.4 Å². The molecule has 19 heavy (non-hydrogen) atoms. The highest BCUT2D eigenvalue weighted by Gasteiger charge is 2.14. The van der Waals surface area contributed by atoms with Gasteiger partial charge in [-0.25, -0.2) is 0 Å². The number of nitro groups is 1. The van der Waals surface area contributed by atoms with E-state index in [0.29, 0.717) is 10.4 Å². The molecule has 0 radical (unpaired) electrons. The molecule has 0 saturated heterocycles. The van der Waals surface area contributed by atoms with E-state index in [4.69, 9.17) is 0 Å². The molecule has 1 amide bonds. The summed E-state index contributed by atoms with van der Waals surface area (Å²) in [6.07, 6.45) is 0. The Hall–Kier alpha value is -1.86. The van der Waals surface area contributed by atoms with Gasteiger partial charge in [0.05, 0.1) is 9.80 Å². The van der Waals surface area contributed by atoms with Crippen molar-refractivity contribution in [2.24, 2.45) is 0 Å². The Kier molecular flexibility index (Phi) is 4.18. The number of hydrogen-bond acceptors (Lipinski definition) is 5. The lowest BCUT2D eigenvalue weighted by Gasteiger charge is -2.04. The summed E-state index contributed by atoms with van der Waals surface area (Å²) in [5, 5.41) is 15.2. The third-order valence-electron chi connectivity index (χ3n) is 2.44. The largest absolute Gasteiger partial charge is 0.347 e. The van der Waals surface area contributed by atoms with Crippen LogP contribution in [0.1, 0.15) is 15.2 Å². The first-order valence-electron chi connectivity index (χ1n) is 5.36. The lowest BCUT2D eigenvalue weighted by atomic mass is 10.2. The van der Waals surface area contributed by atoms with E-state index < -0.39 is 4.92 Å². The fraction of sp³-hybridized carbons (Fsp3) is 0.0833. The summed E-state index contributed by atoms with van der Waals surface area (Å²) in [6, 6.07) is 7.99. The van der Waals surface area contributed by atoms with Crippen molar-refractivity contribution in [2.45, 2.75) is 11.4 Å². The fourth-order valence-electron chi connectivity index (χ4n) is 1.55. The number of hydrogen-bond donors (Lipinski definition) is 2. The second-order valence-corrected chi connectivity index (χ2v) is 5.17. The highest BCUT2D eigenvalue weighted by atomic mass is 32.1. The molecule has 0 atom stereocenters. The number of nitrogens with zero attached hydrogens (tertiary/aromatic N) is 1. The molecule has 0 bridgehead atoms. The molecule has 0 aliphatic carbocycles. The Morgan fingerprint density at radius 3 is 2.79 bits per heavy atom. The van der Waals surface area contributed by atoms with Crippen LogP contribution < -0.4 is 5.32 Å². The van der Waals surface area contributed by atoms with Crippen LogP contribution in [0, 0.1) is 10.1 Å². The van der Waals surface area contributed by atoms with Gasteiger partial charge < -0.3 is 5.32 Å². The number of carbonyl (C=O) groups excluding carboxylic acids is 1. The minimum atomic E-state index is -0.460. The second kappa shape index (κ2) is 5.85. The maximum atomic E-state index is 11.8. The smallest absolute Gasteiger partial charge is 0.274 e. The molecule has 0 unspecified atom stereocenters. The number of thiophene rings is 1. The number of thiol groups is 1. The van der Waals surface area contributed by atoms with Gasteiger partial charge in [-0.2, -0.15) is 0 Å². The Morgan fingerprint density at radius 2 is 2.16 bits per heavy atom. The molecular formula is C12H10N2O3S2. The molecule has 0 spiro atoms. The first-order valence-corrected chi connectivity index (χ1v) is 6.68. The van der Waals surface area contributed by atoms with Crippen molar-refractivity contribution in [3.63, 3.8) is 0 Å². The van der Waals surface area contributed by atoms with Crippen LogP contribution in [0.5, 0.6) is 0 Å². The summed E-state index contributed by atoms with van der Waals surface area (Å²) in [6.45, 7) is 0.121. The normalized spacial score (nSPS) is 10.2. The van der Waals surface area contributed by atoms with E-state index in [1.807, 2.05) is 0 Å². The summed E-state index contributed by atoms with van der Waals surface area (Å²) < 4.78 is 0. The molecule has 2 aromatic rings. The van der Waals surface area contributed by atoms with Crippen molar-refractivity contribution in [2.75, 3.05) is 0 Å². The van der Waals surface area contributed by atoms with E-state index in [0.717, 1.165) is 4.90 Å². The molecule has 1 aromatic heterocycles. The molecule has 5 nitrogen and oxygen atoms in total. The van der Waals surface area contributed by atoms with Gasteiger partial charge in [0.1, 0.15) is 0 Å². The zero-order valence-electron chi connectivity index (χ0n) is 9.70. The van der Waals surface area contributed by atoms with Crippen molar-refractivity contribution in [1.29, 1.82) is 0 Å². The predicted octanol–water partition coefficient (Wildman–Crippen LogP) is 2.88. The van der Waals surface area contributed by atoms with Gasteiger partial charge in [-0.3, -0.25) is 14.9 Å². The molecular weight excluding hydrogens is 284 g/mol. The Morgan fingerprint density at radius 1 is 1.42 bits per heavy atom. The van der Waals surface area contributed by atoms with Gasteiger partial charge in [-0.1, -0.05) is 18.2 Å². The van der Waals surface area contributed by atoms with Crippen LogP contribution in [0.2, 0.25) is 0 Å². The average Bonchev–Trinajstić information content (AvgIpc) is 2.83. The van der Waals surface area contributed by atoms with Crippen LogP contribution in [-0.2, 0) is 6.54 Å². The fourth-order valence-corrected chi connectivity index (χ4v) is 2.61. The zero-order chi connectivity index (χ0) is 13.8. The van der Waals surface area contributed by atoms with E-state index >= 15 is 0 Å². The molecule has 0 saturated carbocycles. The lowest BCUT2D eigenvalue weighted by Crippen LogP contribution is -2.22. The summed E-state index contributed by atoms with van der Waals surface area (Å²) in [5.41, 5.74) is 0.479. The first kappa shape index (κ1) is 13.6. The van der Waals surface area contributed by atoms with E-state index in [2.05, 4.69) is 17.9 Å².